The molecule has 1 aromatic carbocycles. The van der Waals surface area contributed by atoms with Gasteiger partial charge in [0, 0.05) is 5.69 Å². The van der Waals surface area contributed by atoms with Crippen molar-refractivity contribution in [2.75, 3.05) is 17.7 Å². The third-order valence-corrected chi connectivity index (χ3v) is 2.07. The second kappa shape index (κ2) is 6.17. The molecule has 85 valence electrons. The van der Waals surface area contributed by atoms with E-state index in [0.717, 1.165) is 0 Å². The lowest BCUT2D eigenvalue weighted by atomic mass is 10.2. The quantitative estimate of drug-likeness (QED) is 0.816. The number of rotatable bonds is 4. The third kappa shape index (κ3) is 3.58. The maximum absolute atomic E-state index is 11.3. The van der Waals surface area contributed by atoms with Gasteiger partial charge in [0.2, 0.25) is 5.91 Å². The minimum Gasteiger partial charge on any atom is -0.462 e. The van der Waals surface area contributed by atoms with Gasteiger partial charge in [0.15, 0.2) is 0 Å². The number of ether oxygens (including phenoxy) is 1. The van der Waals surface area contributed by atoms with Crippen LogP contribution in [0.3, 0.4) is 0 Å². The first-order chi connectivity index (χ1) is 7.67. The first-order valence-electron chi connectivity index (χ1n) is 4.82. The van der Waals surface area contributed by atoms with Crippen molar-refractivity contribution >= 4 is 30.2 Å². The predicted octanol–water partition coefficient (Wildman–Crippen LogP) is 2.00. The van der Waals surface area contributed by atoms with Crippen molar-refractivity contribution in [2.24, 2.45) is 0 Å². The van der Waals surface area contributed by atoms with E-state index in [4.69, 9.17) is 4.74 Å². The Kier molecular flexibility index (Phi) is 4.85. The molecule has 5 heteroatoms. The van der Waals surface area contributed by atoms with Crippen LogP contribution in [0, 0.1) is 0 Å². The van der Waals surface area contributed by atoms with Crippen LogP contribution >= 0.6 is 12.6 Å². The van der Waals surface area contributed by atoms with Crippen molar-refractivity contribution < 1.29 is 14.3 Å². The molecule has 0 unspecified atom stereocenters. The van der Waals surface area contributed by atoms with E-state index in [9.17, 15) is 9.59 Å². The van der Waals surface area contributed by atoms with E-state index in [-0.39, 0.29) is 17.6 Å². The van der Waals surface area contributed by atoms with Gasteiger partial charge in [0.25, 0.3) is 0 Å². The normalized spacial score (nSPS) is 9.62. The summed E-state index contributed by atoms with van der Waals surface area (Å²) in [6, 6.07) is 6.46. The van der Waals surface area contributed by atoms with Gasteiger partial charge in [-0.15, -0.1) is 0 Å². The lowest BCUT2D eigenvalue weighted by Crippen LogP contribution is -2.12. The molecule has 4 nitrogen and oxygen atoms in total. The number of esters is 1. The zero-order valence-electron chi connectivity index (χ0n) is 8.86. The number of anilines is 1. The molecule has 1 amide bonds. The lowest BCUT2D eigenvalue weighted by molar-refractivity contribution is -0.113. The van der Waals surface area contributed by atoms with Crippen LogP contribution in [0.15, 0.2) is 24.3 Å². The summed E-state index contributed by atoms with van der Waals surface area (Å²) in [6.07, 6.45) is 0. The van der Waals surface area contributed by atoms with Gasteiger partial charge in [0.1, 0.15) is 0 Å². The van der Waals surface area contributed by atoms with E-state index >= 15 is 0 Å². The van der Waals surface area contributed by atoms with E-state index in [2.05, 4.69) is 17.9 Å². The van der Waals surface area contributed by atoms with Gasteiger partial charge < -0.3 is 10.1 Å². The molecule has 0 aliphatic rings. The standard InChI is InChI=1S/C11H12NO3S/c1-2-15-11(14)8-3-5-9(6-4-8)12-10(13)7-16/h3-6H,2,7H2,1H3,(H,12,13). The van der Waals surface area contributed by atoms with E-state index in [1.54, 1.807) is 31.2 Å². The molecule has 0 fully saturated rings. The maximum Gasteiger partial charge on any atom is 0.338 e. The minimum atomic E-state index is -0.372. The van der Waals surface area contributed by atoms with Crippen LogP contribution in [0.4, 0.5) is 5.69 Å². The van der Waals surface area contributed by atoms with Gasteiger partial charge in [-0.25, -0.2) is 4.79 Å². The van der Waals surface area contributed by atoms with Crippen LogP contribution in [-0.4, -0.2) is 24.2 Å². The Labute approximate surface area is 99.4 Å². The fraction of sp³-hybridized carbons (Fsp3) is 0.273. The number of benzene rings is 1. The smallest absolute Gasteiger partial charge is 0.338 e. The molecule has 0 aliphatic carbocycles. The van der Waals surface area contributed by atoms with Gasteiger partial charge in [-0.05, 0) is 31.2 Å². The fourth-order valence-corrected chi connectivity index (χ4v) is 1.17. The van der Waals surface area contributed by atoms with E-state index in [0.29, 0.717) is 17.9 Å². The highest BCUT2D eigenvalue weighted by Crippen LogP contribution is 2.10. The molecule has 1 N–H and O–H groups in total. The van der Waals surface area contributed by atoms with Crippen LogP contribution in [0.2, 0.25) is 0 Å². The second-order valence-electron chi connectivity index (χ2n) is 2.99. The first kappa shape index (κ1) is 12.6. The lowest BCUT2D eigenvalue weighted by Gasteiger charge is -2.04. The molecule has 16 heavy (non-hydrogen) atoms. The highest BCUT2D eigenvalue weighted by molar-refractivity contribution is 7.81. The zero-order valence-corrected chi connectivity index (χ0v) is 9.67. The molecular weight excluding hydrogens is 226 g/mol. The van der Waals surface area contributed by atoms with Crippen molar-refractivity contribution in [3.8, 4) is 0 Å². The van der Waals surface area contributed by atoms with Gasteiger partial charge in [-0.1, -0.05) is 12.6 Å². The number of carbonyl (C=O) groups is 2. The Morgan fingerprint density at radius 1 is 1.31 bits per heavy atom. The molecule has 0 spiro atoms. The Hall–Kier alpha value is -1.49. The van der Waals surface area contributed by atoms with Gasteiger partial charge in [-0.3, -0.25) is 4.79 Å². The number of hydrogen-bond acceptors (Lipinski definition) is 3. The van der Waals surface area contributed by atoms with Crippen LogP contribution < -0.4 is 5.32 Å². The predicted molar refractivity (Wildman–Crippen MR) is 63.5 cm³/mol. The van der Waals surface area contributed by atoms with Crippen molar-refractivity contribution in [1.82, 2.24) is 0 Å². The third-order valence-electron chi connectivity index (χ3n) is 1.81. The highest BCUT2D eigenvalue weighted by atomic mass is 32.1. The van der Waals surface area contributed by atoms with Crippen molar-refractivity contribution in [1.29, 1.82) is 0 Å². The summed E-state index contributed by atoms with van der Waals surface area (Å²) in [7, 11) is 0. The van der Waals surface area contributed by atoms with E-state index in [1.165, 1.54) is 0 Å². The van der Waals surface area contributed by atoms with Crippen molar-refractivity contribution in [3.63, 3.8) is 0 Å². The molecule has 0 bridgehead atoms. The summed E-state index contributed by atoms with van der Waals surface area (Å²) in [4.78, 5) is 22.3. The Balaban J connectivity index is 2.67. The van der Waals surface area contributed by atoms with Crippen LogP contribution in [0.1, 0.15) is 17.3 Å². The summed E-state index contributed by atoms with van der Waals surface area (Å²) in [5.74, 6) is -0.595. The Morgan fingerprint density at radius 2 is 1.94 bits per heavy atom. The van der Waals surface area contributed by atoms with Gasteiger partial charge in [-0.2, -0.15) is 0 Å². The monoisotopic (exact) mass is 238 g/mol. The Bertz CT molecular complexity index is 375. The largest absolute Gasteiger partial charge is 0.462 e. The SMILES string of the molecule is CCOC(=O)c1ccc(NC(=O)C[S])cc1. The summed E-state index contributed by atoms with van der Waals surface area (Å²) in [6.45, 7) is 2.09. The Morgan fingerprint density at radius 3 is 2.44 bits per heavy atom. The molecule has 1 rings (SSSR count). The van der Waals surface area contributed by atoms with Crippen molar-refractivity contribution in [3.05, 3.63) is 29.8 Å². The molecule has 1 radical (unpaired) electrons. The molecule has 0 heterocycles. The fourth-order valence-electron chi connectivity index (χ4n) is 1.10. The second-order valence-corrected chi connectivity index (χ2v) is 3.28. The van der Waals surface area contributed by atoms with Gasteiger partial charge >= 0.3 is 5.97 Å². The maximum atomic E-state index is 11.3. The topological polar surface area (TPSA) is 55.4 Å². The number of carbonyl (C=O) groups excluding carboxylic acids is 2. The molecule has 1 aromatic rings. The molecule has 0 saturated heterocycles. The minimum absolute atomic E-state index is 0.0135. The van der Waals surface area contributed by atoms with Crippen LogP contribution in [-0.2, 0) is 9.53 Å². The summed E-state index contributed by atoms with van der Waals surface area (Å²) in [5, 5.41) is 2.59. The summed E-state index contributed by atoms with van der Waals surface area (Å²) < 4.78 is 4.83. The van der Waals surface area contributed by atoms with Crippen LogP contribution in [0.25, 0.3) is 0 Å². The highest BCUT2D eigenvalue weighted by Gasteiger charge is 2.06. The summed E-state index contributed by atoms with van der Waals surface area (Å²) >= 11 is 4.59. The molecule has 0 saturated carbocycles. The summed E-state index contributed by atoms with van der Waals surface area (Å²) in [5.41, 5.74) is 1.07. The zero-order chi connectivity index (χ0) is 12.0. The number of amides is 1. The van der Waals surface area contributed by atoms with E-state index < -0.39 is 0 Å². The number of nitrogens with one attached hydrogen (secondary N) is 1. The molecular formula is C11H12NO3S. The number of hydrogen-bond donors (Lipinski definition) is 1. The first-order valence-corrected chi connectivity index (χ1v) is 5.40. The van der Waals surface area contributed by atoms with Crippen LogP contribution in [0.5, 0.6) is 0 Å². The van der Waals surface area contributed by atoms with Gasteiger partial charge in [0.05, 0.1) is 17.9 Å². The van der Waals surface area contributed by atoms with Crippen molar-refractivity contribution in [2.45, 2.75) is 6.92 Å². The molecule has 0 aliphatic heterocycles. The molecule has 0 atom stereocenters. The van der Waals surface area contributed by atoms with E-state index in [1.807, 2.05) is 0 Å². The average Bonchev–Trinajstić information content (AvgIpc) is 2.30. The molecule has 0 aromatic heterocycles. The average molecular weight is 238 g/mol.